The molecule has 0 fully saturated rings. The van der Waals surface area contributed by atoms with Crippen molar-refractivity contribution in [1.29, 1.82) is 5.41 Å². The molecule has 1 aromatic rings. The van der Waals surface area contributed by atoms with E-state index in [9.17, 15) is 0 Å². The van der Waals surface area contributed by atoms with Gasteiger partial charge in [-0.15, -0.1) is 21.9 Å². The van der Waals surface area contributed by atoms with Gasteiger partial charge in [0.1, 0.15) is 11.0 Å². The van der Waals surface area contributed by atoms with E-state index < -0.39 is 0 Å². The second-order valence-electron chi connectivity index (χ2n) is 3.96. The molecular formula is C9H15N6S+. The van der Waals surface area contributed by atoms with Crippen LogP contribution in [0.25, 0.3) is 5.70 Å². The minimum absolute atomic E-state index is 0.0171. The predicted molar refractivity (Wildman–Crippen MR) is 63.7 cm³/mol. The van der Waals surface area contributed by atoms with E-state index in [0.29, 0.717) is 11.4 Å². The van der Waals surface area contributed by atoms with E-state index in [1.165, 1.54) is 11.3 Å². The number of nitrogens with one attached hydrogen (secondary N) is 2. The van der Waals surface area contributed by atoms with Crippen molar-refractivity contribution in [2.24, 2.45) is 11.6 Å². The van der Waals surface area contributed by atoms with Crippen LogP contribution in [0.5, 0.6) is 0 Å². The third-order valence-electron chi connectivity index (χ3n) is 2.65. The van der Waals surface area contributed by atoms with Crippen LogP contribution in [0, 0.1) is 5.41 Å². The Labute approximate surface area is 97.6 Å². The lowest BCUT2D eigenvalue weighted by molar-refractivity contribution is -0.908. The number of thiazole rings is 1. The van der Waals surface area contributed by atoms with E-state index in [0.717, 1.165) is 5.01 Å². The maximum Gasteiger partial charge on any atom is 0.290 e. The van der Waals surface area contributed by atoms with Gasteiger partial charge in [-0.1, -0.05) is 0 Å². The summed E-state index contributed by atoms with van der Waals surface area (Å²) in [6.07, 6.45) is 1.70. The summed E-state index contributed by atoms with van der Waals surface area (Å²) < 4.78 is -0.180. The van der Waals surface area contributed by atoms with Crippen LogP contribution in [0.2, 0.25) is 0 Å². The zero-order valence-corrected chi connectivity index (χ0v) is 10.0. The molecule has 0 saturated carbocycles. The Hall–Kier alpha value is -1.44. The van der Waals surface area contributed by atoms with Crippen molar-refractivity contribution >= 4 is 22.9 Å². The summed E-state index contributed by atoms with van der Waals surface area (Å²) in [6, 6.07) is 0.0171. The highest BCUT2D eigenvalue weighted by molar-refractivity contribution is 7.10. The molecule has 1 aliphatic heterocycles. The zero-order valence-electron chi connectivity index (χ0n) is 9.19. The number of aromatic nitrogens is 1. The van der Waals surface area contributed by atoms with Gasteiger partial charge in [0, 0.05) is 11.6 Å². The van der Waals surface area contributed by atoms with E-state index in [2.05, 4.69) is 10.4 Å². The Kier molecular flexibility index (Phi) is 2.45. The minimum atomic E-state index is -0.180. The minimum Gasteiger partial charge on any atom is -0.390 e. The molecule has 86 valence electrons. The Morgan fingerprint density at radius 2 is 2.25 bits per heavy atom. The topological polar surface area (TPSA) is 101 Å². The molecule has 6 nitrogen and oxygen atoms in total. The van der Waals surface area contributed by atoms with Crippen LogP contribution in [-0.4, -0.2) is 21.6 Å². The van der Waals surface area contributed by atoms with Crippen molar-refractivity contribution in [3.05, 3.63) is 22.3 Å². The molecule has 0 aromatic carbocycles. The van der Waals surface area contributed by atoms with Crippen LogP contribution in [0.4, 0.5) is 0 Å². The largest absolute Gasteiger partial charge is 0.390 e. The molecule has 0 radical (unpaired) electrons. The van der Waals surface area contributed by atoms with Crippen molar-refractivity contribution < 1.29 is 4.70 Å². The Balaban J connectivity index is 2.41. The van der Waals surface area contributed by atoms with Crippen molar-refractivity contribution in [2.45, 2.75) is 19.9 Å². The fourth-order valence-corrected chi connectivity index (χ4v) is 2.16. The van der Waals surface area contributed by atoms with E-state index in [1.807, 2.05) is 19.2 Å². The maximum atomic E-state index is 7.95. The first-order valence-corrected chi connectivity index (χ1v) is 5.79. The van der Waals surface area contributed by atoms with Gasteiger partial charge < -0.3 is 5.73 Å². The predicted octanol–water partition coefficient (Wildman–Crippen LogP) is 0.365. The second kappa shape index (κ2) is 3.55. The standard InChI is InChI=1S/C9H15N6S/c1-5(2)15(12)8(11)6(10)7(14-15)9-13-3-4-16-9/h3-5,11,14H,10,12H2,1-2H3/q+1. The number of amidine groups is 1. The van der Waals surface area contributed by atoms with Gasteiger partial charge in [-0.2, -0.15) is 0 Å². The number of nitrogens with two attached hydrogens (primary N) is 2. The molecule has 1 aliphatic rings. The quantitative estimate of drug-likeness (QED) is 0.442. The third-order valence-corrected chi connectivity index (χ3v) is 3.44. The zero-order chi connectivity index (χ0) is 11.9. The average Bonchev–Trinajstić information content (AvgIpc) is 2.82. The van der Waals surface area contributed by atoms with E-state index in [1.54, 1.807) is 6.20 Å². The van der Waals surface area contributed by atoms with Crippen LogP contribution in [0.15, 0.2) is 17.3 Å². The lowest BCUT2D eigenvalue weighted by Crippen LogP contribution is -2.66. The first kappa shape index (κ1) is 11.1. The number of rotatable bonds is 2. The van der Waals surface area contributed by atoms with E-state index in [4.69, 9.17) is 17.0 Å². The molecule has 0 spiro atoms. The number of hydrogen-bond donors (Lipinski definition) is 4. The molecule has 7 heteroatoms. The van der Waals surface area contributed by atoms with Gasteiger partial charge in [-0.05, 0) is 13.8 Å². The van der Waals surface area contributed by atoms with Gasteiger partial charge in [0.2, 0.25) is 0 Å². The van der Waals surface area contributed by atoms with Gasteiger partial charge in [-0.3, -0.25) is 0 Å². The SMILES string of the molecule is CC(C)[N+]1(N)NC(c2nccs2)=C(N)C1=N. The molecule has 2 rings (SSSR count). The number of quaternary nitrogens is 1. The smallest absolute Gasteiger partial charge is 0.290 e. The fraction of sp³-hybridized carbons (Fsp3) is 0.333. The fourth-order valence-electron chi connectivity index (χ4n) is 1.52. The van der Waals surface area contributed by atoms with Crippen molar-refractivity contribution in [1.82, 2.24) is 10.4 Å². The van der Waals surface area contributed by atoms with Gasteiger partial charge >= 0.3 is 0 Å². The molecule has 6 N–H and O–H groups in total. The molecule has 0 amide bonds. The summed E-state index contributed by atoms with van der Waals surface area (Å²) in [5.41, 5.74) is 9.97. The monoisotopic (exact) mass is 239 g/mol. The first-order valence-electron chi connectivity index (χ1n) is 4.91. The summed E-state index contributed by atoms with van der Waals surface area (Å²) in [6.45, 7) is 3.86. The van der Waals surface area contributed by atoms with Crippen LogP contribution in [-0.2, 0) is 0 Å². The Morgan fingerprint density at radius 1 is 1.56 bits per heavy atom. The van der Waals surface area contributed by atoms with E-state index >= 15 is 0 Å². The number of hydrogen-bond acceptors (Lipinski definition) is 6. The van der Waals surface area contributed by atoms with Crippen molar-refractivity contribution in [3.63, 3.8) is 0 Å². The summed E-state index contributed by atoms with van der Waals surface area (Å²) >= 11 is 1.46. The molecule has 2 heterocycles. The molecule has 0 aliphatic carbocycles. The molecule has 0 saturated heterocycles. The molecule has 0 bridgehead atoms. The lowest BCUT2D eigenvalue weighted by Gasteiger charge is -2.30. The highest BCUT2D eigenvalue weighted by Crippen LogP contribution is 2.26. The highest BCUT2D eigenvalue weighted by Gasteiger charge is 2.45. The molecule has 1 unspecified atom stereocenters. The van der Waals surface area contributed by atoms with Crippen LogP contribution in [0.1, 0.15) is 18.9 Å². The number of nitrogens with zero attached hydrogens (tertiary/aromatic N) is 2. The van der Waals surface area contributed by atoms with Gasteiger partial charge in [-0.25, -0.2) is 15.8 Å². The van der Waals surface area contributed by atoms with Crippen LogP contribution < -0.4 is 17.0 Å². The van der Waals surface area contributed by atoms with Gasteiger partial charge in [0.25, 0.3) is 5.84 Å². The normalized spacial score (nSPS) is 25.4. The van der Waals surface area contributed by atoms with Crippen molar-refractivity contribution in [3.8, 4) is 0 Å². The Morgan fingerprint density at radius 3 is 2.69 bits per heavy atom. The third kappa shape index (κ3) is 1.41. The molecule has 1 aromatic heterocycles. The van der Waals surface area contributed by atoms with Crippen LogP contribution >= 0.6 is 11.3 Å². The van der Waals surface area contributed by atoms with Gasteiger partial charge in [0.05, 0.1) is 0 Å². The Bertz CT molecular complexity index is 449. The lowest BCUT2D eigenvalue weighted by atomic mass is 10.3. The van der Waals surface area contributed by atoms with Gasteiger partial charge in [0.15, 0.2) is 11.4 Å². The summed E-state index contributed by atoms with van der Waals surface area (Å²) in [4.78, 5) is 4.16. The molecular weight excluding hydrogens is 224 g/mol. The van der Waals surface area contributed by atoms with E-state index in [-0.39, 0.29) is 16.6 Å². The molecule has 1 atom stereocenters. The first-order chi connectivity index (χ1) is 7.47. The summed E-state index contributed by atoms with van der Waals surface area (Å²) in [7, 11) is 0. The second-order valence-corrected chi connectivity index (χ2v) is 4.85. The highest BCUT2D eigenvalue weighted by atomic mass is 32.1. The summed E-state index contributed by atoms with van der Waals surface area (Å²) in [5, 5.41) is 10.6. The van der Waals surface area contributed by atoms with Crippen molar-refractivity contribution in [2.75, 3.05) is 0 Å². The average molecular weight is 239 g/mol. The maximum absolute atomic E-state index is 7.95. The van der Waals surface area contributed by atoms with Crippen LogP contribution in [0.3, 0.4) is 0 Å². The molecule has 16 heavy (non-hydrogen) atoms. The summed E-state index contributed by atoms with van der Waals surface area (Å²) in [5.74, 6) is 6.27.